The topological polar surface area (TPSA) is 80.6 Å². The Morgan fingerprint density at radius 1 is 1.35 bits per heavy atom. The highest BCUT2D eigenvalue weighted by Crippen LogP contribution is 2.09. The first-order valence-corrected chi connectivity index (χ1v) is 6.60. The first-order chi connectivity index (χ1) is 9.43. The van der Waals surface area contributed by atoms with E-state index in [0.717, 1.165) is 0 Å². The number of esters is 1. The van der Waals surface area contributed by atoms with Crippen molar-refractivity contribution in [1.82, 2.24) is 10.6 Å². The van der Waals surface area contributed by atoms with Gasteiger partial charge in [-0.25, -0.2) is 4.79 Å². The SMILES string of the molecule is COC(=O)c1coc(CNC(C)C(=O)NCC(C)C)c1. The quantitative estimate of drug-likeness (QED) is 0.737. The van der Waals surface area contributed by atoms with Crippen LogP contribution in [0.3, 0.4) is 0 Å². The van der Waals surface area contributed by atoms with Crippen LogP contribution in [0.25, 0.3) is 0 Å². The van der Waals surface area contributed by atoms with Gasteiger partial charge in [0.05, 0.1) is 25.3 Å². The molecule has 1 rings (SSSR count). The molecular weight excluding hydrogens is 260 g/mol. The van der Waals surface area contributed by atoms with E-state index < -0.39 is 5.97 Å². The summed E-state index contributed by atoms with van der Waals surface area (Å²) in [5.41, 5.74) is 0.362. The first kappa shape index (κ1) is 16.2. The second-order valence-corrected chi connectivity index (χ2v) is 5.03. The lowest BCUT2D eigenvalue weighted by Crippen LogP contribution is -2.42. The number of carbonyl (C=O) groups excluding carboxylic acids is 2. The van der Waals surface area contributed by atoms with Crippen LogP contribution in [0.4, 0.5) is 0 Å². The summed E-state index contributed by atoms with van der Waals surface area (Å²) in [4.78, 5) is 23.0. The van der Waals surface area contributed by atoms with Crippen LogP contribution < -0.4 is 10.6 Å². The standard InChI is InChI=1S/C14H22N2O4/c1-9(2)6-16-13(17)10(3)15-7-12-5-11(8-20-12)14(18)19-4/h5,8-10,15H,6-7H2,1-4H3,(H,16,17). The Balaban J connectivity index is 2.40. The molecule has 0 aliphatic heterocycles. The van der Waals surface area contributed by atoms with Crippen molar-refractivity contribution < 1.29 is 18.7 Å². The number of furan rings is 1. The average molecular weight is 282 g/mol. The Morgan fingerprint density at radius 2 is 2.05 bits per heavy atom. The van der Waals surface area contributed by atoms with Crippen molar-refractivity contribution >= 4 is 11.9 Å². The van der Waals surface area contributed by atoms with Crippen molar-refractivity contribution in [3.8, 4) is 0 Å². The van der Waals surface area contributed by atoms with Crippen molar-refractivity contribution in [2.24, 2.45) is 5.92 Å². The Bertz CT molecular complexity index is 454. The van der Waals surface area contributed by atoms with E-state index in [2.05, 4.69) is 15.4 Å². The molecule has 0 aromatic carbocycles. The van der Waals surface area contributed by atoms with Gasteiger partial charge in [0.2, 0.25) is 5.91 Å². The summed E-state index contributed by atoms with van der Waals surface area (Å²) in [5, 5.41) is 5.88. The number of amides is 1. The van der Waals surface area contributed by atoms with Crippen LogP contribution in [0.2, 0.25) is 0 Å². The lowest BCUT2D eigenvalue weighted by atomic mass is 10.2. The molecule has 0 bridgehead atoms. The molecule has 0 spiro atoms. The zero-order valence-electron chi connectivity index (χ0n) is 12.4. The summed E-state index contributed by atoms with van der Waals surface area (Å²) in [6.45, 7) is 6.87. The summed E-state index contributed by atoms with van der Waals surface area (Å²) in [6.07, 6.45) is 1.34. The third-order valence-corrected chi connectivity index (χ3v) is 2.74. The van der Waals surface area contributed by atoms with Gasteiger partial charge >= 0.3 is 5.97 Å². The zero-order valence-corrected chi connectivity index (χ0v) is 12.4. The van der Waals surface area contributed by atoms with E-state index in [1.54, 1.807) is 13.0 Å². The van der Waals surface area contributed by atoms with Crippen molar-refractivity contribution in [3.63, 3.8) is 0 Å². The Kier molecular flexibility index (Phi) is 6.24. The minimum absolute atomic E-state index is 0.0570. The van der Waals surface area contributed by atoms with Crippen molar-refractivity contribution in [2.45, 2.75) is 33.4 Å². The molecule has 1 amide bonds. The van der Waals surface area contributed by atoms with Crippen LogP contribution in [0, 0.1) is 5.92 Å². The molecule has 0 saturated heterocycles. The molecule has 0 aliphatic carbocycles. The maximum atomic E-state index is 11.8. The largest absolute Gasteiger partial charge is 0.467 e. The highest BCUT2D eigenvalue weighted by atomic mass is 16.5. The van der Waals surface area contributed by atoms with Gasteiger partial charge in [-0.1, -0.05) is 13.8 Å². The molecule has 6 nitrogen and oxygen atoms in total. The third kappa shape index (κ3) is 5.05. The number of nitrogens with one attached hydrogen (secondary N) is 2. The maximum absolute atomic E-state index is 11.8. The Labute approximate surface area is 118 Å². The molecule has 2 N–H and O–H groups in total. The molecule has 1 aromatic rings. The Morgan fingerprint density at radius 3 is 2.65 bits per heavy atom. The molecule has 0 saturated carbocycles. The maximum Gasteiger partial charge on any atom is 0.341 e. The second-order valence-electron chi connectivity index (χ2n) is 5.03. The van der Waals surface area contributed by atoms with Crippen LogP contribution >= 0.6 is 0 Å². The smallest absolute Gasteiger partial charge is 0.341 e. The fraction of sp³-hybridized carbons (Fsp3) is 0.571. The van der Waals surface area contributed by atoms with Gasteiger partial charge in [0.15, 0.2) is 0 Å². The normalized spacial score (nSPS) is 12.2. The van der Waals surface area contributed by atoms with Crippen LogP contribution in [0.15, 0.2) is 16.7 Å². The van der Waals surface area contributed by atoms with Crippen LogP contribution in [-0.2, 0) is 16.1 Å². The van der Waals surface area contributed by atoms with Crippen molar-refractivity contribution in [3.05, 3.63) is 23.7 Å². The van der Waals surface area contributed by atoms with Gasteiger partial charge in [0.25, 0.3) is 0 Å². The van der Waals surface area contributed by atoms with Gasteiger partial charge in [0.1, 0.15) is 12.0 Å². The monoisotopic (exact) mass is 282 g/mol. The minimum atomic E-state index is -0.442. The van der Waals surface area contributed by atoms with E-state index in [1.165, 1.54) is 13.4 Å². The summed E-state index contributed by atoms with van der Waals surface area (Å²) < 4.78 is 9.81. The highest BCUT2D eigenvalue weighted by Gasteiger charge is 2.14. The Hall–Kier alpha value is -1.82. The van der Waals surface area contributed by atoms with Crippen molar-refractivity contribution in [1.29, 1.82) is 0 Å². The average Bonchev–Trinajstić information content (AvgIpc) is 2.89. The number of hydrogen-bond donors (Lipinski definition) is 2. The molecule has 112 valence electrons. The number of hydrogen-bond acceptors (Lipinski definition) is 5. The van der Waals surface area contributed by atoms with E-state index >= 15 is 0 Å². The third-order valence-electron chi connectivity index (χ3n) is 2.74. The van der Waals surface area contributed by atoms with Gasteiger partial charge in [-0.2, -0.15) is 0 Å². The van der Waals surface area contributed by atoms with Gasteiger partial charge in [0, 0.05) is 6.54 Å². The summed E-state index contributed by atoms with van der Waals surface area (Å²) in [6, 6.07) is 1.26. The molecular formula is C14H22N2O4. The van der Waals surface area contributed by atoms with Gasteiger partial charge in [-0.3, -0.25) is 10.1 Å². The zero-order chi connectivity index (χ0) is 15.1. The minimum Gasteiger partial charge on any atom is -0.467 e. The predicted molar refractivity (Wildman–Crippen MR) is 74.2 cm³/mol. The molecule has 0 fully saturated rings. The van der Waals surface area contributed by atoms with Gasteiger partial charge in [-0.05, 0) is 18.9 Å². The predicted octanol–water partition coefficient (Wildman–Crippen LogP) is 1.32. The molecule has 6 heteroatoms. The molecule has 1 aromatic heterocycles. The summed E-state index contributed by atoms with van der Waals surface area (Å²) in [5.74, 6) is 0.494. The van der Waals surface area contributed by atoms with E-state index in [9.17, 15) is 9.59 Å². The summed E-state index contributed by atoms with van der Waals surface area (Å²) in [7, 11) is 1.31. The number of ether oxygens (including phenoxy) is 1. The van der Waals surface area contributed by atoms with Crippen LogP contribution in [-0.4, -0.2) is 31.6 Å². The number of methoxy groups -OCH3 is 1. The lowest BCUT2D eigenvalue weighted by Gasteiger charge is -2.14. The number of carbonyl (C=O) groups is 2. The molecule has 0 radical (unpaired) electrons. The van der Waals surface area contributed by atoms with E-state index in [0.29, 0.717) is 30.3 Å². The molecule has 1 heterocycles. The molecule has 1 atom stereocenters. The van der Waals surface area contributed by atoms with Crippen LogP contribution in [0.5, 0.6) is 0 Å². The van der Waals surface area contributed by atoms with E-state index in [4.69, 9.17) is 4.42 Å². The summed E-state index contributed by atoms with van der Waals surface area (Å²) >= 11 is 0. The van der Waals surface area contributed by atoms with Gasteiger partial charge in [-0.15, -0.1) is 0 Å². The second kappa shape index (κ2) is 7.69. The van der Waals surface area contributed by atoms with Crippen molar-refractivity contribution in [2.75, 3.05) is 13.7 Å². The fourth-order valence-corrected chi connectivity index (χ4v) is 1.50. The van der Waals surface area contributed by atoms with E-state index in [1.807, 2.05) is 13.8 Å². The lowest BCUT2D eigenvalue weighted by molar-refractivity contribution is -0.122. The molecule has 0 aliphatic rings. The highest BCUT2D eigenvalue weighted by molar-refractivity contribution is 5.89. The molecule has 20 heavy (non-hydrogen) atoms. The fourth-order valence-electron chi connectivity index (χ4n) is 1.50. The number of rotatable bonds is 7. The van der Waals surface area contributed by atoms with E-state index in [-0.39, 0.29) is 11.9 Å². The molecule has 1 unspecified atom stereocenters. The van der Waals surface area contributed by atoms with Crippen LogP contribution in [0.1, 0.15) is 36.9 Å². The van der Waals surface area contributed by atoms with Gasteiger partial charge < -0.3 is 14.5 Å². The first-order valence-electron chi connectivity index (χ1n) is 6.60.